The molecule has 2 fully saturated rings. The highest BCUT2D eigenvalue weighted by atomic mass is 16.3. The summed E-state index contributed by atoms with van der Waals surface area (Å²) < 4.78 is 0. The van der Waals surface area contributed by atoms with Crippen molar-refractivity contribution in [3.63, 3.8) is 0 Å². The van der Waals surface area contributed by atoms with Crippen LogP contribution in [0.2, 0.25) is 0 Å². The number of hydrogen-bond acceptors (Lipinski definition) is 3. The summed E-state index contributed by atoms with van der Waals surface area (Å²) in [7, 11) is 0. The fraction of sp³-hybridized carbons (Fsp3) is 0.923. The van der Waals surface area contributed by atoms with Crippen molar-refractivity contribution in [2.75, 3.05) is 19.6 Å². The van der Waals surface area contributed by atoms with E-state index in [9.17, 15) is 9.90 Å². The third-order valence-corrected chi connectivity index (χ3v) is 4.08. The van der Waals surface area contributed by atoms with Gasteiger partial charge in [0.2, 0.25) is 5.91 Å². The molecule has 1 amide bonds. The number of nitrogens with one attached hydrogen (secondary N) is 2. The fourth-order valence-corrected chi connectivity index (χ4v) is 2.88. The van der Waals surface area contributed by atoms with Gasteiger partial charge in [0.15, 0.2) is 0 Å². The summed E-state index contributed by atoms with van der Waals surface area (Å²) in [4.78, 5) is 11.9. The van der Waals surface area contributed by atoms with E-state index < -0.39 is 0 Å². The summed E-state index contributed by atoms with van der Waals surface area (Å²) in [6.07, 6.45) is 6.11. The van der Waals surface area contributed by atoms with E-state index in [4.69, 9.17) is 0 Å². The third-order valence-electron chi connectivity index (χ3n) is 4.08. The molecule has 3 atom stereocenters. The van der Waals surface area contributed by atoms with Crippen molar-refractivity contribution in [3.05, 3.63) is 0 Å². The van der Waals surface area contributed by atoms with Crippen LogP contribution >= 0.6 is 0 Å². The Morgan fingerprint density at radius 1 is 1.24 bits per heavy atom. The monoisotopic (exact) mass is 240 g/mol. The van der Waals surface area contributed by atoms with Gasteiger partial charge in [-0.05, 0) is 32.2 Å². The molecule has 0 aromatic rings. The summed E-state index contributed by atoms with van der Waals surface area (Å²) >= 11 is 0. The van der Waals surface area contributed by atoms with E-state index >= 15 is 0 Å². The fourth-order valence-electron chi connectivity index (χ4n) is 2.88. The van der Waals surface area contributed by atoms with Crippen molar-refractivity contribution in [1.82, 2.24) is 10.6 Å². The lowest BCUT2D eigenvalue weighted by molar-refractivity contribution is -0.125. The minimum Gasteiger partial charge on any atom is -0.393 e. The highest BCUT2D eigenvalue weighted by Crippen LogP contribution is 2.23. The molecular weight excluding hydrogens is 216 g/mol. The summed E-state index contributed by atoms with van der Waals surface area (Å²) in [5, 5.41) is 16.1. The summed E-state index contributed by atoms with van der Waals surface area (Å²) in [5.74, 6) is 0.559. The second kappa shape index (κ2) is 6.36. The van der Waals surface area contributed by atoms with Crippen LogP contribution in [0.25, 0.3) is 0 Å². The van der Waals surface area contributed by atoms with Crippen LogP contribution in [-0.4, -0.2) is 36.8 Å². The molecule has 1 aliphatic heterocycles. The smallest absolute Gasteiger partial charge is 0.224 e. The van der Waals surface area contributed by atoms with Crippen LogP contribution in [0, 0.1) is 11.8 Å². The number of rotatable bonds is 3. The zero-order valence-electron chi connectivity index (χ0n) is 10.5. The molecule has 2 aliphatic rings. The standard InChI is InChI=1S/C13H24N2O2/c16-12-6-2-1-4-10(12)9-15-13(17)11-5-3-7-14-8-11/h10-12,14,16H,1-9H2,(H,15,17). The average Bonchev–Trinajstić information content (AvgIpc) is 2.38. The van der Waals surface area contributed by atoms with Gasteiger partial charge in [0.25, 0.3) is 0 Å². The Bertz CT molecular complexity index is 252. The second-order valence-corrected chi connectivity index (χ2v) is 5.40. The number of carbonyl (C=O) groups is 1. The molecule has 2 rings (SSSR count). The van der Waals surface area contributed by atoms with Crippen molar-refractivity contribution in [3.8, 4) is 0 Å². The highest BCUT2D eigenvalue weighted by molar-refractivity contribution is 5.78. The number of carbonyl (C=O) groups excluding carboxylic acids is 1. The Balaban J connectivity index is 1.71. The SMILES string of the molecule is O=C(NCC1CCCCC1O)C1CCCNC1. The average molecular weight is 240 g/mol. The Labute approximate surface area is 103 Å². The maximum absolute atomic E-state index is 11.9. The van der Waals surface area contributed by atoms with Gasteiger partial charge in [-0.3, -0.25) is 4.79 Å². The van der Waals surface area contributed by atoms with E-state index in [1.807, 2.05) is 0 Å². The minimum absolute atomic E-state index is 0.129. The number of aliphatic hydroxyl groups excluding tert-OH is 1. The zero-order valence-corrected chi connectivity index (χ0v) is 10.5. The van der Waals surface area contributed by atoms with Gasteiger partial charge in [-0.1, -0.05) is 12.8 Å². The molecule has 3 N–H and O–H groups in total. The first-order valence-electron chi connectivity index (χ1n) is 6.94. The largest absolute Gasteiger partial charge is 0.393 e. The van der Waals surface area contributed by atoms with Gasteiger partial charge in [0.1, 0.15) is 0 Å². The van der Waals surface area contributed by atoms with Crippen molar-refractivity contribution >= 4 is 5.91 Å². The lowest BCUT2D eigenvalue weighted by atomic mass is 9.86. The van der Waals surface area contributed by atoms with Crippen molar-refractivity contribution in [2.24, 2.45) is 11.8 Å². The molecule has 17 heavy (non-hydrogen) atoms. The van der Waals surface area contributed by atoms with Crippen LogP contribution in [0.4, 0.5) is 0 Å². The first kappa shape index (κ1) is 12.8. The number of amides is 1. The molecule has 0 spiro atoms. The molecule has 0 radical (unpaired) electrons. The normalized spacial score (nSPS) is 34.3. The van der Waals surface area contributed by atoms with Crippen molar-refractivity contribution in [1.29, 1.82) is 0 Å². The Morgan fingerprint density at radius 3 is 2.76 bits per heavy atom. The van der Waals surface area contributed by atoms with Gasteiger partial charge >= 0.3 is 0 Å². The molecule has 1 heterocycles. The minimum atomic E-state index is -0.214. The molecule has 3 unspecified atom stereocenters. The molecule has 1 saturated carbocycles. The quantitative estimate of drug-likeness (QED) is 0.679. The number of piperidine rings is 1. The molecule has 4 heteroatoms. The van der Waals surface area contributed by atoms with Crippen LogP contribution in [0.3, 0.4) is 0 Å². The van der Waals surface area contributed by atoms with E-state index in [2.05, 4.69) is 10.6 Å². The molecule has 0 bridgehead atoms. The van der Waals surface area contributed by atoms with Gasteiger partial charge in [0.05, 0.1) is 12.0 Å². The van der Waals surface area contributed by atoms with Crippen LogP contribution in [0.1, 0.15) is 38.5 Å². The predicted octanol–water partition coefficient (Wildman–Crippen LogP) is 0.653. The van der Waals surface area contributed by atoms with Crippen molar-refractivity contribution in [2.45, 2.75) is 44.6 Å². The van der Waals surface area contributed by atoms with Crippen molar-refractivity contribution < 1.29 is 9.90 Å². The molecule has 0 aromatic carbocycles. The Hall–Kier alpha value is -0.610. The molecule has 0 aromatic heterocycles. The van der Waals surface area contributed by atoms with Gasteiger partial charge < -0.3 is 15.7 Å². The van der Waals surface area contributed by atoms with Gasteiger partial charge in [-0.2, -0.15) is 0 Å². The summed E-state index contributed by atoms with van der Waals surface area (Å²) in [6, 6.07) is 0. The summed E-state index contributed by atoms with van der Waals surface area (Å²) in [5.41, 5.74) is 0. The van der Waals surface area contributed by atoms with Crippen LogP contribution in [0.15, 0.2) is 0 Å². The molecule has 1 aliphatic carbocycles. The van der Waals surface area contributed by atoms with E-state index in [1.165, 1.54) is 6.42 Å². The topological polar surface area (TPSA) is 61.4 Å². The lowest BCUT2D eigenvalue weighted by Crippen LogP contribution is -2.43. The van der Waals surface area contributed by atoms with E-state index in [0.717, 1.165) is 45.2 Å². The van der Waals surface area contributed by atoms with E-state index in [0.29, 0.717) is 6.54 Å². The Morgan fingerprint density at radius 2 is 2.06 bits per heavy atom. The zero-order chi connectivity index (χ0) is 12.1. The Kier molecular flexibility index (Phi) is 4.80. The predicted molar refractivity (Wildman–Crippen MR) is 66.6 cm³/mol. The maximum atomic E-state index is 11.9. The van der Waals surface area contributed by atoms with Crippen LogP contribution in [0.5, 0.6) is 0 Å². The third kappa shape index (κ3) is 3.68. The van der Waals surface area contributed by atoms with Crippen LogP contribution < -0.4 is 10.6 Å². The first-order chi connectivity index (χ1) is 8.27. The molecular formula is C13H24N2O2. The van der Waals surface area contributed by atoms with Gasteiger partial charge in [0, 0.05) is 19.0 Å². The first-order valence-corrected chi connectivity index (χ1v) is 6.94. The van der Waals surface area contributed by atoms with E-state index in [-0.39, 0.29) is 23.8 Å². The van der Waals surface area contributed by atoms with E-state index in [1.54, 1.807) is 0 Å². The lowest BCUT2D eigenvalue weighted by Gasteiger charge is -2.29. The molecule has 4 nitrogen and oxygen atoms in total. The number of aliphatic hydroxyl groups is 1. The van der Waals surface area contributed by atoms with Gasteiger partial charge in [-0.15, -0.1) is 0 Å². The molecule has 1 saturated heterocycles. The number of hydrogen-bond donors (Lipinski definition) is 3. The molecule has 98 valence electrons. The highest BCUT2D eigenvalue weighted by Gasteiger charge is 2.25. The maximum Gasteiger partial charge on any atom is 0.224 e. The van der Waals surface area contributed by atoms with Crippen LogP contribution in [-0.2, 0) is 4.79 Å². The van der Waals surface area contributed by atoms with Gasteiger partial charge in [-0.25, -0.2) is 0 Å². The second-order valence-electron chi connectivity index (χ2n) is 5.40. The summed E-state index contributed by atoms with van der Waals surface area (Å²) in [6.45, 7) is 2.49.